The maximum absolute atomic E-state index is 11.7. The van der Waals surface area contributed by atoms with E-state index >= 15 is 0 Å². The van der Waals surface area contributed by atoms with E-state index in [9.17, 15) is 4.79 Å². The van der Waals surface area contributed by atoms with E-state index in [2.05, 4.69) is 32.0 Å². The zero-order chi connectivity index (χ0) is 19.8. The van der Waals surface area contributed by atoms with Gasteiger partial charge >= 0.3 is 6.09 Å². The van der Waals surface area contributed by atoms with E-state index in [-0.39, 0.29) is 12.1 Å². The van der Waals surface area contributed by atoms with Crippen LogP contribution >= 0.6 is 0 Å². The summed E-state index contributed by atoms with van der Waals surface area (Å²) in [6.07, 6.45) is 5.12. The number of carbonyl (C=O) groups excluding carboxylic acids is 1. The van der Waals surface area contributed by atoms with Crippen molar-refractivity contribution >= 4 is 12.1 Å². The van der Waals surface area contributed by atoms with Crippen molar-refractivity contribution in [1.29, 1.82) is 0 Å². The summed E-state index contributed by atoms with van der Waals surface area (Å²) >= 11 is 0. The Hall–Kier alpha value is -3.03. The van der Waals surface area contributed by atoms with Gasteiger partial charge in [-0.25, -0.2) is 14.8 Å². The smallest absolute Gasteiger partial charge is 0.409 e. The number of hydrogen-bond acceptors (Lipinski definition) is 4. The first-order chi connectivity index (χ1) is 13.7. The molecule has 1 aromatic heterocycles. The standard InChI is InChI=1S/C20H28N6O2/c1-2-28-20(27)25-11-8-17(9-12-25)24-19(21)23-14-18-22-10-13-26(18)15-16-6-4-3-5-7-16/h3-7,10,13,17H,2,8-9,11-12,14-15H2,1H3,(H3,21,23,24). The summed E-state index contributed by atoms with van der Waals surface area (Å²) in [4.78, 5) is 22.3. The van der Waals surface area contributed by atoms with E-state index in [4.69, 9.17) is 10.5 Å². The van der Waals surface area contributed by atoms with Gasteiger partial charge in [-0.3, -0.25) is 0 Å². The number of carbonyl (C=O) groups is 1. The Morgan fingerprint density at radius 2 is 2.07 bits per heavy atom. The molecule has 3 N–H and O–H groups in total. The Bertz CT molecular complexity index is 781. The third-order valence-electron chi connectivity index (χ3n) is 4.76. The Labute approximate surface area is 165 Å². The summed E-state index contributed by atoms with van der Waals surface area (Å²) in [5.74, 6) is 1.27. The van der Waals surface area contributed by atoms with Crippen molar-refractivity contribution in [3.8, 4) is 0 Å². The van der Waals surface area contributed by atoms with Gasteiger partial charge < -0.3 is 25.3 Å². The van der Waals surface area contributed by atoms with Gasteiger partial charge in [-0.1, -0.05) is 30.3 Å². The predicted octanol–water partition coefficient (Wildman–Crippen LogP) is 1.96. The van der Waals surface area contributed by atoms with E-state index in [1.54, 1.807) is 11.1 Å². The topological polar surface area (TPSA) is 97.8 Å². The summed E-state index contributed by atoms with van der Waals surface area (Å²) in [6, 6.07) is 10.4. The number of hydrogen-bond donors (Lipinski definition) is 2. The number of benzene rings is 1. The largest absolute Gasteiger partial charge is 0.450 e. The fraction of sp³-hybridized carbons (Fsp3) is 0.450. The lowest BCUT2D eigenvalue weighted by Crippen LogP contribution is -2.48. The van der Waals surface area contributed by atoms with Crippen LogP contribution in [0.1, 0.15) is 31.2 Å². The molecule has 1 saturated heterocycles. The highest BCUT2D eigenvalue weighted by Crippen LogP contribution is 2.11. The number of nitrogens with one attached hydrogen (secondary N) is 1. The number of nitrogens with zero attached hydrogens (tertiary/aromatic N) is 4. The van der Waals surface area contributed by atoms with Gasteiger partial charge in [-0.15, -0.1) is 0 Å². The molecule has 1 aliphatic heterocycles. The average Bonchev–Trinajstić information content (AvgIpc) is 3.15. The van der Waals surface area contributed by atoms with Gasteiger partial charge in [0.15, 0.2) is 5.96 Å². The first-order valence-electron chi connectivity index (χ1n) is 9.67. The number of aromatic nitrogens is 2. The molecule has 1 aromatic carbocycles. The van der Waals surface area contributed by atoms with Crippen LogP contribution in [-0.4, -0.2) is 52.2 Å². The molecule has 0 atom stereocenters. The highest BCUT2D eigenvalue weighted by Gasteiger charge is 2.23. The van der Waals surface area contributed by atoms with Gasteiger partial charge in [0.05, 0.1) is 6.61 Å². The van der Waals surface area contributed by atoms with Crippen LogP contribution in [0.4, 0.5) is 4.79 Å². The van der Waals surface area contributed by atoms with Crippen molar-refractivity contribution in [3.63, 3.8) is 0 Å². The maximum Gasteiger partial charge on any atom is 0.409 e. The zero-order valence-electron chi connectivity index (χ0n) is 16.3. The highest BCUT2D eigenvalue weighted by atomic mass is 16.6. The van der Waals surface area contributed by atoms with Crippen molar-refractivity contribution in [3.05, 3.63) is 54.1 Å². The molecule has 1 fully saturated rings. The van der Waals surface area contributed by atoms with Gasteiger partial charge in [0, 0.05) is 38.1 Å². The number of piperidine rings is 1. The van der Waals surface area contributed by atoms with Crippen molar-refractivity contribution in [1.82, 2.24) is 19.8 Å². The lowest BCUT2D eigenvalue weighted by Gasteiger charge is -2.31. The maximum atomic E-state index is 11.7. The van der Waals surface area contributed by atoms with Crippen molar-refractivity contribution in [2.75, 3.05) is 19.7 Å². The van der Waals surface area contributed by atoms with E-state index in [1.165, 1.54) is 5.56 Å². The lowest BCUT2D eigenvalue weighted by atomic mass is 10.1. The zero-order valence-corrected chi connectivity index (χ0v) is 16.3. The van der Waals surface area contributed by atoms with Gasteiger partial charge in [-0.2, -0.15) is 0 Å². The average molecular weight is 384 g/mol. The van der Waals surface area contributed by atoms with Crippen molar-refractivity contribution < 1.29 is 9.53 Å². The summed E-state index contributed by atoms with van der Waals surface area (Å²) in [6.45, 7) is 4.70. The molecule has 2 aromatic rings. The number of aliphatic imine (C=N–C) groups is 1. The molecule has 0 saturated carbocycles. The molecular weight excluding hydrogens is 356 g/mol. The molecule has 0 unspecified atom stereocenters. The van der Waals surface area contributed by atoms with E-state index in [0.717, 1.165) is 25.2 Å². The van der Waals surface area contributed by atoms with Crippen LogP contribution < -0.4 is 11.1 Å². The van der Waals surface area contributed by atoms with Crippen LogP contribution in [0.25, 0.3) is 0 Å². The third-order valence-corrected chi connectivity index (χ3v) is 4.76. The van der Waals surface area contributed by atoms with Crippen molar-refractivity contribution in [2.24, 2.45) is 10.7 Å². The predicted molar refractivity (Wildman–Crippen MR) is 108 cm³/mol. The van der Waals surface area contributed by atoms with Crippen LogP contribution in [0.3, 0.4) is 0 Å². The molecule has 8 heteroatoms. The van der Waals surface area contributed by atoms with E-state index in [1.807, 2.05) is 31.3 Å². The number of amides is 1. The number of likely N-dealkylation sites (tertiary alicyclic amines) is 1. The first-order valence-corrected chi connectivity index (χ1v) is 9.67. The first kappa shape index (κ1) is 19.7. The molecule has 2 heterocycles. The minimum atomic E-state index is -0.243. The highest BCUT2D eigenvalue weighted by molar-refractivity contribution is 5.78. The molecule has 0 aliphatic carbocycles. The quantitative estimate of drug-likeness (QED) is 0.586. The van der Waals surface area contributed by atoms with Gasteiger partial charge in [0.1, 0.15) is 12.4 Å². The van der Waals surface area contributed by atoms with Gasteiger partial charge in [0.25, 0.3) is 0 Å². The number of imidazole rings is 1. The second-order valence-corrected chi connectivity index (χ2v) is 6.76. The normalized spacial score (nSPS) is 15.5. The molecule has 28 heavy (non-hydrogen) atoms. The monoisotopic (exact) mass is 384 g/mol. The fourth-order valence-electron chi connectivity index (χ4n) is 3.25. The summed E-state index contributed by atoms with van der Waals surface area (Å²) in [5.41, 5.74) is 7.28. The summed E-state index contributed by atoms with van der Waals surface area (Å²) in [7, 11) is 0. The SMILES string of the molecule is CCOC(=O)N1CCC(NC(N)=NCc2nccn2Cc2ccccc2)CC1. The Morgan fingerprint density at radius 1 is 1.32 bits per heavy atom. The number of ether oxygens (including phenoxy) is 1. The second-order valence-electron chi connectivity index (χ2n) is 6.76. The molecule has 1 aliphatic rings. The Kier molecular flexibility index (Phi) is 6.89. The number of rotatable bonds is 6. The summed E-state index contributed by atoms with van der Waals surface area (Å²) < 4.78 is 7.11. The minimum Gasteiger partial charge on any atom is -0.450 e. The molecule has 3 rings (SSSR count). The molecule has 0 spiro atoms. The molecule has 8 nitrogen and oxygen atoms in total. The Morgan fingerprint density at radius 3 is 2.79 bits per heavy atom. The molecule has 150 valence electrons. The number of guanidine groups is 1. The van der Waals surface area contributed by atoms with Crippen LogP contribution in [0.15, 0.2) is 47.7 Å². The van der Waals surface area contributed by atoms with E-state index < -0.39 is 0 Å². The minimum absolute atomic E-state index is 0.207. The molecule has 0 radical (unpaired) electrons. The second kappa shape index (κ2) is 9.77. The van der Waals surface area contributed by atoms with Crippen LogP contribution in [0.2, 0.25) is 0 Å². The van der Waals surface area contributed by atoms with Crippen LogP contribution in [0, 0.1) is 0 Å². The van der Waals surface area contributed by atoms with Gasteiger partial charge in [0.2, 0.25) is 0 Å². The molecule has 1 amide bonds. The lowest BCUT2D eigenvalue weighted by molar-refractivity contribution is 0.0963. The fourth-order valence-corrected chi connectivity index (χ4v) is 3.25. The van der Waals surface area contributed by atoms with Crippen LogP contribution in [0.5, 0.6) is 0 Å². The Balaban J connectivity index is 1.48. The van der Waals surface area contributed by atoms with Crippen molar-refractivity contribution in [2.45, 2.75) is 38.9 Å². The number of nitrogens with two attached hydrogens (primary N) is 1. The summed E-state index contributed by atoms with van der Waals surface area (Å²) in [5, 5.41) is 3.25. The van der Waals surface area contributed by atoms with Gasteiger partial charge in [-0.05, 0) is 25.3 Å². The molecular formula is C20H28N6O2. The molecule has 0 bridgehead atoms. The van der Waals surface area contributed by atoms with E-state index in [0.29, 0.717) is 32.2 Å². The third kappa shape index (κ3) is 5.48. The van der Waals surface area contributed by atoms with Crippen LogP contribution in [-0.2, 0) is 17.8 Å².